The van der Waals surface area contributed by atoms with E-state index in [0.29, 0.717) is 12.2 Å². The Kier molecular flexibility index (Phi) is 6.55. The molecular weight excluding hydrogens is 354 g/mol. The maximum Gasteiger partial charge on any atom is 0.265 e. The Morgan fingerprint density at radius 1 is 1.00 bits per heavy atom. The quantitative estimate of drug-likeness (QED) is 0.553. The van der Waals surface area contributed by atoms with E-state index in [1.54, 1.807) is 11.8 Å². The molecule has 0 spiro atoms. The van der Waals surface area contributed by atoms with Crippen LogP contribution in [0.3, 0.4) is 0 Å². The molecule has 27 heavy (non-hydrogen) atoms. The minimum absolute atomic E-state index is 0.139. The maximum atomic E-state index is 12.8. The Bertz CT molecular complexity index is 896. The third-order valence-electron chi connectivity index (χ3n) is 4.05. The first kappa shape index (κ1) is 19.1. The van der Waals surface area contributed by atoms with Crippen molar-refractivity contribution in [3.05, 3.63) is 84.4 Å². The molecule has 1 atom stereocenters. The number of aryl methyl sites for hydroxylation is 1. The molecule has 138 valence electrons. The van der Waals surface area contributed by atoms with Crippen LogP contribution in [-0.2, 0) is 4.79 Å². The van der Waals surface area contributed by atoms with Gasteiger partial charge in [-0.25, -0.2) is 0 Å². The van der Waals surface area contributed by atoms with Gasteiger partial charge in [-0.3, -0.25) is 4.79 Å². The van der Waals surface area contributed by atoms with E-state index in [1.165, 1.54) is 0 Å². The number of anilines is 1. The number of para-hydroxylation sites is 1. The van der Waals surface area contributed by atoms with Gasteiger partial charge in [0.15, 0.2) is 6.10 Å². The van der Waals surface area contributed by atoms with Crippen LogP contribution < -0.4 is 10.1 Å². The molecule has 1 N–H and O–H groups in total. The molecule has 3 aromatic carbocycles. The molecule has 0 aliphatic heterocycles. The van der Waals surface area contributed by atoms with Crippen molar-refractivity contribution in [3.8, 4) is 5.75 Å². The van der Waals surface area contributed by atoms with E-state index in [0.717, 1.165) is 21.0 Å². The van der Waals surface area contributed by atoms with E-state index >= 15 is 0 Å². The van der Waals surface area contributed by atoms with E-state index in [-0.39, 0.29) is 5.91 Å². The van der Waals surface area contributed by atoms with Crippen LogP contribution >= 0.6 is 11.8 Å². The highest BCUT2D eigenvalue weighted by Gasteiger charge is 2.19. The maximum absolute atomic E-state index is 12.8. The lowest BCUT2D eigenvalue weighted by molar-refractivity contribution is -0.122. The number of hydrogen-bond acceptors (Lipinski definition) is 3. The molecule has 0 aliphatic carbocycles. The molecule has 3 rings (SSSR count). The van der Waals surface area contributed by atoms with E-state index in [4.69, 9.17) is 4.74 Å². The van der Waals surface area contributed by atoms with Gasteiger partial charge >= 0.3 is 0 Å². The monoisotopic (exact) mass is 377 g/mol. The standard InChI is InChI=1S/C23H23NO2S/c1-3-21(26-18-11-9-10-17(2)16-18)23(25)24-20-14-7-8-15-22(20)27-19-12-5-4-6-13-19/h4-16,21H,3H2,1-2H3,(H,24,25)/t21-/m0/s1. The number of ether oxygens (including phenoxy) is 1. The third kappa shape index (κ3) is 5.38. The van der Waals surface area contributed by atoms with Crippen LogP contribution in [0, 0.1) is 6.92 Å². The van der Waals surface area contributed by atoms with Crippen LogP contribution in [-0.4, -0.2) is 12.0 Å². The van der Waals surface area contributed by atoms with Crippen molar-refractivity contribution in [2.24, 2.45) is 0 Å². The fourth-order valence-corrected chi connectivity index (χ4v) is 3.59. The molecule has 3 aromatic rings. The first-order valence-electron chi connectivity index (χ1n) is 9.02. The first-order valence-corrected chi connectivity index (χ1v) is 9.83. The van der Waals surface area contributed by atoms with Gasteiger partial charge in [0, 0.05) is 9.79 Å². The highest BCUT2D eigenvalue weighted by atomic mass is 32.2. The van der Waals surface area contributed by atoms with Gasteiger partial charge in [0.1, 0.15) is 5.75 Å². The molecule has 0 saturated carbocycles. The average Bonchev–Trinajstić information content (AvgIpc) is 2.68. The fourth-order valence-electron chi connectivity index (χ4n) is 2.66. The summed E-state index contributed by atoms with van der Waals surface area (Å²) < 4.78 is 5.92. The molecule has 1 amide bonds. The second-order valence-corrected chi connectivity index (χ2v) is 7.35. The van der Waals surface area contributed by atoms with Gasteiger partial charge in [0.2, 0.25) is 0 Å². The van der Waals surface area contributed by atoms with Crippen LogP contribution in [0.1, 0.15) is 18.9 Å². The normalized spacial score (nSPS) is 11.6. The number of hydrogen-bond donors (Lipinski definition) is 1. The third-order valence-corrected chi connectivity index (χ3v) is 5.13. The number of amides is 1. The zero-order valence-corrected chi connectivity index (χ0v) is 16.3. The summed E-state index contributed by atoms with van der Waals surface area (Å²) in [5.41, 5.74) is 1.90. The van der Waals surface area contributed by atoms with Gasteiger partial charge in [-0.2, -0.15) is 0 Å². The fraction of sp³-hybridized carbons (Fsp3) is 0.174. The predicted molar refractivity (Wildman–Crippen MR) is 112 cm³/mol. The highest BCUT2D eigenvalue weighted by molar-refractivity contribution is 7.99. The van der Waals surface area contributed by atoms with Crippen LogP contribution in [0.2, 0.25) is 0 Å². The Labute approximate surface area is 164 Å². The van der Waals surface area contributed by atoms with Gasteiger partial charge < -0.3 is 10.1 Å². The number of benzene rings is 3. The average molecular weight is 378 g/mol. The smallest absolute Gasteiger partial charge is 0.265 e. The molecule has 0 aromatic heterocycles. The lowest BCUT2D eigenvalue weighted by atomic mass is 10.2. The molecule has 0 aliphatic rings. The molecule has 0 bridgehead atoms. The van der Waals surface area contributed by atoms with Gasteiger partial charge in [0.05, 0.1) is 5.69 Å². The highest BCUT2D eigenvalue weighted by Crippen LogP contribution is 2.33. The van der Waals surface area contributed by atoms with Crippen molar-refractivity contribution in [2.45, 2.75) is 36.2 Å². The van der Waals surface area contributed by atoms with E-state index in [9.17, 15) is 4.79 Å². The van der Waals surface area contributed by atoms with Gasteiger partial charge in [-0.05, 0) is 55.3 Å². The van der Waals surface area contributed by atoms with E-state index in [1.807, 2.05) is 80.6 Å². The second kappa shape index (κ2) is 9.28. The molecule has 4 heteroatoms. The van der Waals surface area contributed by atoms with Crippen molar-refractivity contribution in [1.82, 2.24) is 0 Å². The molecule has 0 saturated heterocycles. The minimum Gasteiger partial charge on any atom is -0.481 e. The van der Waals surface area contributed by atoms with Gasteiger partial charge in [-0.1, -0.05) is 61.2 Å². The molecule has 0 unspecified atom stereocenters. The number of carbonyl (C=O) groups excluding carboxylic acids is 1. The van der Waals surface area contributed by atoms with Crippen molar-refractivity contribution in [1.29, 1.82) is 0 Å². The van der Waals surface area contributed by atoms with Crippen LogP contribution in [0.25, 0.3) is 0 Å². The Hall–Kier alpha value is -2.72. The summed E-state index contributed by atoms with van der Waals surface area (Å²) in [5.74, 6) is 0.573. The van der Waals surface area contributed by atoms with Crippen LogP contribution in [0.15, 0.2) is 88.7 Å². The SMILES string of the molecule is CC[C@H](Oc1cccc(C)c1)C(=O)Nc1ccccc1Sc1ccccc1. The van der Waals surface area contributed by atoms with Gasteiger partial charge in [-0.15, -0.1) is 0 Å². The summed E-state index contributed by atoms with van der Waals surface area (Å²) in [5, 5.41) is 3.03. The summed E-state index contributed by atoms with van der Waals surface area (Å²) in [4.78, 5) is 14.9. The minimum atomic E-state index is -0.540. The number of rotatable bonds is 7. The zero-order valence-electron chi connectivity index (χ0n) is 15.5. The number of carbonyl (C=O) groups is 1. The lowest BCUT2D eigenvalue weighted by Gasteiger charge is -2.18. The van der Waals surface area contributed by atoms with Crippen LogP contribution in [0.5, 0.6) is 5.75 Å². The molecule has 3 nitrogen and oxygen atoms in total. The molecular formula is C23H23NO2S. The van der Waals surface area contributed by atoms with Crippen molar-refractivity contribution < 1.29 is 9.53 Å². The van der Waals surface area contributed by atoms with Crippen molar-refractivity contribution in [2.75, 3.05) is 5.32 Å². The summed E-state index contributed by atoms with van der Waals surface area (Å²) >= 11 is 1.63. The Morgan fingerprint density at radius 3 is 2.48 bits per heavy atom. The van der Waals surface area contributed by atoms with E-state index in [2.05, 4.69) is 17.4 Å². The topological polar surface area (TPSA) is 38.3 Å². The summed E-state index contributed by atoms with van der Waals surface area (Å²) in [6.45, 7) is 3.95. The van der Waals surface area contributed by atoms with Gasteiger partial charge in [0.25, 0.3) is 5.91 Å². The second-order valence-electron chi connectivity index (χ2n) is 6.23. The van der Waals surface area contributed by atoms with E-state index < -0.39 is 6.10 Å². The number of nitrogens with one attached hydrogen (secondary N) is 1. The Morgan fingerprint density at radius 2 is 1.74 bits per heavy atom. The predicted octanol–water partition coefficient (Wildman–Crippen LogP) is 5.94. The Balaban J connectivity index is 1.72. The molecule has 0 radical (unpaired) electrons. The molecule has 0 heterocycles. The summed E-state index contributed by atoms with van der Waals surface area (Å²) in [6, 6.07) is 25.7. The summed E-state index contributed by atoms with van der Waals surface area (Å²) in [7, 11) is 0. The van der Waals surface area contributed by atoms with Crippen molar-refractivity contribution >= 4 is 23.4 Å². The largest absolute Gasteiger partial charge is 0.481 e. The zero-order chi connectivity index (χ0) is 19.1. The lowest BCUT2D eigenvalue weighted by Crippen LogP contribution is -2.32. The van der Waals surface area contributed by atoms with Crippen LogP contribution in [0.4, 0.5) is 5.69 Å². The first-order chi connectivity index (χ1) is 13.2. The summed E-state index contributed by atoms with van der Waals surface area (Å²) in [6.07, 6.45) is 0.0508. The van der Waals surface area contributed by atoms with Crippen molar-refractivity contribution in [3.63, 3.8) is 0 Å². The molecule has 0 fully saturated rings.